The minimum absolute atomic E-state index is 0. The van der Waals surface area contributed by atoms with E-state index < -0.39 is 23.7 Å². The maximum absolute atomic E-state index is 14.0. The normalized spacial score (nSPS) is 16.9. The van der Waals surface area contributed by atoms with Gasteiger partial charge in [0, 0.05) is 0 Å². The predicted molar refractivity (Wildman–Crippen MR) is 92.0 cm³/mol. The van der Waals surface area contributed by atoms with Crippen LogP contribution in [0, 0.1) is 12.7 Å². The summed E-state index contributed by atoms with van der Waals surface area (Å²) in [4.78, 5) is 24.9. The Labute approximate surface area is 154 Å². The molecule has 0 bridgehead atoms. The van der Waals surface area contributed by atoms with E-state index >= 15 is 0 Å². The van der Waals surface area contributed by atoms with Crippen molar-refractivity contribution in [2.24, 2.45) is 0 Å². The topological polar surface area (TPSA) is 113 Å². The van der Waals surface area contributed by atoms with E-state index in [1.54, 1.807) is 11.8 Å². The lowest BCUT2D eigenvalue weighted by Crippen LogP contribution is -2.41. The predicted octanol–water partition coefficient (Wildman–Crippen LogP) is 1.02. The molecule has 0 radical (unpaired) electrons. The number of anilines is 1. The number of aliphatic carboxylic acids is 1. The zero-order valence-corrected chi connectivity index (χ0v) is 14.7. The van der Waals surface area contributed by atoms with Gasteiger partial charge in [-0.3, -0.25) is 14.5 Å². The van der Waals surface area contributed by atoms with E-state index in [0.29, 0.717) is 30.9 Å². The molecule has 2 N–H and O–H groups in total. The fourth-order valence-corrected chi connectivity index (χ4v) is 2.88. The number of carbonyl (C=O) groups is 2. The van der Waals surface area contributed by atoms with E-state index in [2.05, 4.69) is 20.8 Å². The number of aromatic nitrogens is 4. The number of aryl methyl sites for hydroxylation is 1. The molecule has 0 saturated carbocycles. The Kier molecular flexibility index (Phi) is 6.22. The number of likely N-dealkylation sites (tertiary alicyclic amines) is 1. The first-order chi connectivity index (χ1) is 12.0. The monoisotopic (exact) mass is 384 g/mol. The molecule has 2 aromatic rings. The number of amides is 1. The molecule has 1 aromatic heterocycles. The van der Waals surface area contributed by atoms with Crippen LogP contribution in [0.15, 0.2) is 18.2 Å². The highest BCUT2D eigenvalue weighted by atomic mass is 35.5. The van der Waals surface area contributed by atoms with Crippen molar-refractivity contribution < 1.29 is 19.1 Å². The third-order valence-electron chi connectivity index (χ3n) is 4.09. The Balaban J connectivity index is 0.00000243. The van der Waals surface area contributed by atoms with E-state index in [9.17, 15) is 14.0 Å². The first-order valence-corrected chi connectivity index (χ1v) is 7.77. The Hall–Kier alpha value is -2.59. The number of carboxylic acids is 1. The quantitative estimate of drug-likeness (QED) is 0.791. The van der Waals surface area contributed by atoms with Gasteiger partial charge in [-0.2, -0.15) is 4.68 Å². The molecule has 26 heavy (non-hydrogen) atoms. The summed E-state index contributed by atoms with van der Waals surface area (Å²) in [5, 5.41) is 22.7. The molecule has 3 rings (SSSR count). The second-order valence-corrected chi connectivity index (χ2v) is 5.82. The average Bonchev–Trinajstić information content (AvgIpc) is 3.18. The van der Waals surface area contributed by atoms with Crippen molar-refractivity contribution >= 4 is 30.0 Å². The van der Waals surface area contributed by atoms with E-state index in [-0.39, 0.29) is 24.6 Å². The number of benzene rings is 1. The van der Waals surface area contributed by atoms with Crippen LogP contribution in [-0.4, -0.2) is 61.2 Å². The highest BCUT2D eigenvalue weighted by Crippen LogP contribution is 2.20. The molecule has 0 aliphatic carbocycles. The van der Waals surface area contributed by atoms with Crippen molar-refractivity contribution in [3.63, 3.8) is 0 Å². The highest BCUT2D eigenvalue weighted by molar-refractivity contribution is 5.93. The Bertz CT molecular complexity index is 814. The minimum atomic E-state index is -0.951. The number of rotatable bonds is 5. The summed E-state index contributed by atoms with van der Waals surface area (Å²) >= 11 is 0. The molecule has 0 spiro atoms. The van der Waals surface area contributed by atoms with Gasteiger partial charge in [0.05, 0.1) is 17.9 Å². The maximum Gasteiger partial charge on any atom is 0.320 e. The van der Waals surface area contributed by atoms with Crippen LogP contribution < -0.4 is 5.32 Å². The Morgan fingerprint density at radius 3 is 2.85 bits per heavy atom. The zero-order valence-electron chi connectivity index (χ0n) is 13.9. The summed E-state index contributed by atoms with van der Waals surface area (Å²) in [6, 6.07) is 3.46. The number of hydrogen-bond acceptors (Lipinski definition) is 6. The lowest BCUT2D eigenvalue weighted by atomic mass is 10.2. The molecule has 2 heterocycles. The van der Waals surface area contributed by atoms with Gasteiger partial charge in [0.25, 0.3) is 0 Å². The van der Waals surface area contributed by atoms with Crippen molar-refractivity contribution in [2.45, 2.75) is 25.8 Å². The Morgan fingerprint density at radius 2 is 2.19 bits per heavy atom. The number of nitrogens with one attached hydrogen (secondary N) is 1. The van der Waals surface area contributed by atoms with Gasteiger partial charge in [0.2, 0.25) is 5.91 Å². The molecule has 1 unspecified atom stereocenters. The largest absolute Gasteiger partial charge is 0.480 e. The van der Waals surface area contributed by atoms with Crippen molar-refractivity contribution in [2.75, 3.05) is 18.4 Å². The van der Waals surface area contributed by atoms with Gasteiger partial charge < -0.3 is 10.4 Å². The summed E-state index contributed by atoms with van der Waals surface area (Å²) in [7, 11) is 0. The molecule has 1 saturated heterocycles. The molecule has 9 nitrogen and oxygen atoms in total. The van der Waals surface area contributed by atoms with Gasteiger partial charge in [0.15, 0.2) is 5.82 Å². The van der Waals surface area contributed by atoms with Gasteiger partial charge in [-0.15, -0.1) is 17.5 Å². The van der Waals surface area contributed by atoms with Gasteiger partial charge in [-0.25, -0.2) is 4.39 Å². The molecule has 1 fully saturated rings. The van der Waals surface area contributed by atoms with Crippen LogP contribution in [0.1, 0.15) is 18.7 Å². The second-order valence-electron chi connectivity index (χ2n) is 5.82. The first-order valence-electron chi connectivity index (χ1n) is 7.77. The number of halogens is 2. The molecular formula is C15H18ClFN6O3. The highest BCUT2D eigenvalue weighted by Gasteiger charge is 2.31. The molecule has 1 aliphatic heterocycles. The summed E-state index contributed by atoms with van der Waals surface area (Å²) in [6.07, 6.45) is 1.22. The number of carbonyl (C=O) groups excluding carboxylic acids is 1. The van der Waals surface area contributed by atoms with Crippen molar-refractivity contribution in [1.82, 2.24) is 25.1 Å². The zero-order chi connectivity index (χ0) is 18.0. The minimum Gasteiger partial charge on any atom is -0.480 e. The molecular weight excluding hydrogens is 367 g/mol. The van der Waals surface area contributed by atoms with Crippen LogP contribution in [0.4, 0.5) is 10.1 Å². The summed E-state index contributed by atoms with van der Waals surface area (Å²) in [5.41, 5.74) is 0.493. The summed E-state index contributed by atoms with van der Waals surface area (Å²) < 4.78 is 15.4. The average molecular weight is 385 g/mol. The van der Waals surface area contributed by atoms with Gasteiger partial charge in [-0.1, -0.05) is 0 Å². The second kappa shape index (κ2) is 8.19. The van der Waals surface area contributed by atoms with Gasteiger partial charge in [0.1, 0.15) is 11.9 Å². The molecule has 1 aromatic carbocycles. The fourth-order valence-electron chi connectivity index (χ4n) is 2.88. The van der Waals surface area contributed by atoms with Crippen LogP contribution in [0.3, 0.4) is 0 Å². The number of carboxylic acid groups (broad SMARTS) is 1. The van der Waals surface area contributed by atoms with Crippen LogP contribution in [0.25, 0.3) is 5.69 Å². The van der Waals surface area contributed by atoms with Gasteiger partial charge >= 0.3 is 5.97 Å². The van der Waals surface area contributed by atoms with E-state index in [0.717, 1.165) is 0 Å². The smallest absolute Gasteiger partial charge is 0.320 e. The van der Waals surface area contributed by atoms with Gasteiger partial charge in [-0.05, 0) is 54.9 Å². The molecule has 1 amide bonds. The molecule has 140 valence electrons. The molecule has 1 aliphatic rings. The fraction of sp³-hybridized carbons (Fsp3) is 0.400. The first kappa shape index (κ1) is 19.7. The van der Waals surface area contributed by atoms with E-state index in [1.165, 1.54) is 22.9 Å². The number of tetrazole rings is 1. The van der Waals surface area contributed by atoms with E-state index in [4.69, 9.17) is 5.11 Å². The van der Waals surface area contributed by atoms with Crippen LogP contribution in [0.2, 0.25) is 0 Å². The summed E-state index contributed by atoms with van der Waals surface area (Å²) in [6.45, 7) is 2.11. The molecule has 1 atom stereocenters. The maximum atomic E-state index is 14.0. The molecule has 11 heteroatoms. The number of nitrogens with zero attached hydrogens (tertiary/aromatic N) is 5. The van der Waals surface area contributed by atoms with E-state index in [1.807, 2.05) is 0 Å². The third-order valence-corrected chi connectivity index (χ3v) is 4.09. The van der Waals surface area contributed by atoms with Crippen LogP contribution in [-0.2, 0) is 9.59 Å². The SMILES string of the molecule is Cc1nnnn1-c1ccc(F)c(NC(=O)CN2CCCC2C(=O)O)c1.Cl. The lowest BCUT2D eigenvalue weighted by molar-refractivity contribution is -0.142. The number of hydrogen-bond donors (Lipinski definition) is 2. The third kappa shape index (κ3) is 4.14. The van der Waals surface area contributed by atoms with Crippen LogP contribution in [0.5, 0.6) is 0 Å². The van der Waals surface area contributed by atoms with Crippen molar-refractivity contribution in [3.05, 3.63) is 29.8 Å². The standard InChI is InChI=1S/C15H17FN6O3.ClH/c1-9-18-19-20-22(9)10-4-5-11(16)12(7-10)17-14(23)8-21-6-2-3-13(21)15(24)25;/h4-5,7,13H,2-3,6,8H2,1H3,(H,17,23)(H,24,25);1H. The van der Waals surface area contributed by atoms with Crippen molar-refractivity contribution in [1.29, 1.82) is 0 Å². The summed E-state index contributed by atoms with van der Waals surface area (Å²) in [5.74, 6) is -1.51. The van der Waals surface area contributed by atoms with Crippen molar-refractivity contribution in [3.8, 4) is 5.69 Å². The Morgan fingerprint density at radius 1 is 1.42 bits per heavy atom. The lowest BCUT2D eigenvalue weighted by Gasteiger charge is -2.20. The van der Waals surface area contributed by atoms with Crippen LogP contribution >= 0.6 is 12.4 Å².